The van der Waals surface area contributed by atoms with Crippen LogP contribution >= 0.6 is 11.6 Å². The predicted molar refractivity (Wildman–Crippen MR) is 76.6 cm³/mol. The molecule has 0 saturated heterocycles. The smallest absolute Gasteiger partial charge is 0.191 e. The summed E-state index contributed by atoms with van der Waals surface area (Å²) in [5.74, 6) is 1.58. The molecule has 18 heavy (non-hydrogen) atoms. The zero-order valence-electron chi connectivity index (χ0n) is 10.9. The summed E-state index contributed by atoms with van der Waals surface area (Å²) in [5.41, 5.74) is 0. The van der Waals surface area contributed by atoms with Crippen LogP contribution in [0.3, 0.4) is 0 Å². The van der Waals surface area contributed by atoms with E-state index >= 15 is 0 Å². The Balaban J connectivity index is 2.22. The van der Waals surface area contributed by atoms with E-state index in [0.717, 1.165) is 24.7 Å². The fourth-order valence-electron chi connectivity index (χ4n) is 1.36. The van der Waals surface area contributed by atoms with E-state index in [1.165, 1.54) is 0 Å². The minimum atomic E-state index is 0.563. The number of hydrogen-bond acceptors (Lipinski definition) is 2. The second-order valence-corrected chi connectivity index (χ2v) is 4.17. The molecule has 0 bridgehead atoms. The molecule has 1 aromatic rings. The Labute approximate surface area is 113 Å². The number of halogens is 1. The highest BCUT2D eigenvalue weighted by Crippen LogP contribution is 2.16. The lowest BCUT2D eigenvalue weighted by molar-refractivity contribution is 0.322. The minimum absolute atomic E-state index is 0.563. The Hall–Kier alpha value is -1.42. The van der Waals surface area contributed by atoms with E-state index in [2.05, 4.69) is 22.5 Å². The molecule has 1 aromatic carbocycles. The summed E-state index contributed by atoms with van der Waals surface area (Å²) in [6, 6.07) is 7.37. The number of rotatable bonds is 6. The van der Waals surface area contributed by atoms with Crippen LogP contribution in [0.5, 0.6) is 5.75 Å². The third kappa shape index (κ3) is 5.77. The maximum atomic E-state index is 5.86. The fraction of sp³-hybridized carbons (Fsp3) is 0.462. The molecule has 4 nitrogen and oxygen atoms in total. The first-order valence-electron chi connectivity index (χ1n) is 6.09. The van der Waals surface area contributed by atoms with Crippen LogP contribution in [0.25, 0.3) is 0 Å². The fourth-order valence-corrected chi connectivity index (χ4v) is 1.54. The summed E-state index contributed by atoms with van der Waals surface area (Å²) >= 11 is 5.86. The van der Waals surface area contributed by atoms with Crippen LogP contribution in [0.4, 0.5) is 0 Å². The zero-order valence-corrected chi connectivity index (χ0v) is 11.6. The molecule has 100 valence electrons. The van der Waals surface area contributed by atoms with Crippen LogP contribution in [0, 0.1) is 0 Å². The SMILES string of the molecule is CCCNC(=NC)NCCOc1cccc(Cl)c1. The van der Waals surface area contributed by atoms with Gasteiger partial charge in [-0.15, -0.1) is 0 Å². The second-order valence-electron chi connectivity index (χ2n) is 3.73. The first-order chi connectivity index (χ1) is 8.76. The van der Waals surface area contributed by atoms with E-state index in [-0.39, 0.29) is 0 Å². The zero-order chi connectivity index (χ0) is 13.2. The molecule has 0 amide bonds. The van der Waals surface area contributed by atoms with Gasteiger partial charge in [-0.25, -0.2) is 0 Å². The van der Waals surface area contributed by atoms with Crippen molar-refractivity contribution >= 4 is 17.6 Å². The lowest BCUT2D eigenvalue weighted by Gasteiger charge is -2.11. The van der Waals surface area contributed by atoms with Crippen molar-refractivity contribution in [1.82, 2.24) is 10.6 Å². The lowest BCUT2D eigenvalue weighted by Crippen LogP contribution is -2.39. The summed E-state index contributed by atoms with van der Waals surface area (Å²) in [5, 5.41) is 7.04. The summed E-state index contributed by atoms with van der Waals surface area (Å²) in [7, 11) is 1.75. The van der Waals surface area contributed by atoms with Crippen LogP contribution in [-0.4, -0.2) is 32.7 Å². The molecule has 0 aliphatic heterocycles. The maximum Gasteiger partial charge on any atom is 0.191 e. The van der Waals surface area contributed by atoms with E-state index in [1.807, 2.05) is 18.2 Å². The van der Waals surface area contributed by atoms with Crippen molar-refractivity contribution in [2.24, 2.45) is 4.99 Å². The minimum Gasteiger partial charge on any atom is -0.492 e. The van der Waals surface area contributed by atoms with Crippen molar-refractivity contribution in [1.29, 1.82) is 0 Å². The molecule has 0 heterocycles. The van der Waals surface area contributed by atoms with Crippen molar-refractivity contribution in [2.45, 2.75) is 13.3 Å². The van der Waals surface area contributed by atoms with E-state index in [0.29, 0.717) is 18.2 Å². The molecule has 0 atom stereocenters. The van der Waals surface area contributed by atoms with Gasteiger partial charge in [0.15, 0.2) is 5.96 Å². The van der Waals surface area contributed by atoms with Crippen molar-refractivity contribution in [3.05, 3.63) is 29.3 Å². The molecule has 0 radical (unpaired) electrons. The number of nitrogens with zero attached hydrogens (tertiary/aromatic N) is 1. The van der Waals surface area contributed by atoms with E-state index in [4.69, 9.17) is 16.3 Å². The van der Waals surface area contributed by atoms with E-state index in [1.54, 1.807) is 13.1 Å². The molecule has 0 aromatic heterocycles. The van der Waals surface area contributed by atoms with Crippen molar-refractivity contribution in [3.63, 3.8) is 0 Å². The molecule has 5 heteroatoms. The van der Waals surface area contributed by atoms with Gasteiger partial charge in [0.05, 0.1) is 6.54 Å². The van der Waals surface area contributed by atoms with Gasteiger partial charge in [0.2, 0.25) is 0 Å². The van der Waals surface area contributed by atoms with E-state index < -0.39 is 0 Å². The van der Waals surface area contributed by atoms with Crippen molar-refractivity contribution in [2.75, 3.05) is 26.7 Å². The normalized spacial score (nSPS) is 11.2. The number of ether oxygens (including phenoxy) is 1. The third-order valence-corrected chi connectivity index (χ3v) is 2.46. The highest BCUT2D eigenvalue weighted by Gasteiger charge is 1.97. The summed E-state index contributed by atoms with van der Waals surface area (Å²) in [6.07, 6.45) is 1.07. The van der Waals surface area contributed by atoms with Crippen LogP contribution in [0.1, 0.15) is 13.3 Å². The van der Waals surface area contributed by atoms with Gasteiger partial charge in [0.1, 0.15) is 12.4 Å². The number of guanidine groups is 1. The largest absolute Gasteiger partial charge is 0.492 e. The van der Waals surface area contributed by atoms with Gasteiger partial charge in [0.25, 0.3) is 0 Å². The Kier molecular flexibility index (Phi) is 7.03. The number of benzene rings is 1. The standard InChI is InChI=1S/C13H20ClN3O/c1-3-7-16-13(15-2)17-8-9-18-12-6-4-5-11(14)10-12/h4-6,10H,3,7-9H2,1-2H3,(H2,15,16,17). The molecule has 1 rings (SSSR count). The van der Waals surface area contributed by atoms with Gasteiger partial charge >= 0.3 is 0 Å². The molecule has 0 fully saturated rings. The van der Waals surface area contributed by atoms with Crippen molar-refractivity contribution < 1.29 is 4.74 Å². The average molecular weight is 270 g/mol. The monoisotopic (exact) mass is 269 g/mol. The van der Waals surface area contributed by atoms with E-state index in [9.17, 15) is 0 Å². The predicted octanol–water partition coefficient (Wildman–Crippen LogP) is 2.29. The van der Waals surface area contributed by atoms with Crippen LogP contribution in [0.2, 0.25) is 5.02 Å². The van der Waals surface area contributed by atoms with Gasteiger partial charge < -0.3 is 15.4 Å². The topological polar surface area (TPSA) is 45.7 Å². The molecule has 0 unspecified atom stereocenters. The summed E-state index contributed by atoms with van der Waals surface area (Å²) in [6.45, 7) is 4.28. The summed E-state index contributed by atoms with van der Waals surface area (Å²) in [4.78, 5) is 4.10. The maximum absolute atomic E-state index is 5.86. The first-order valence-corrected chi connectivity index (χ1v) is 6.47. The Bertz CT molecular complexity index is 382. The Morgan fingerprint density at radius 3 is 2.78 bits per heavy atom. The molecule has 2 N–H and O–H groups in total. The highest BCUT2D eigenvalue weighted by atomic mass is 35.5. The van der Waals surface area contributed by atoms with Crippen LogP contribution in [0.15, 0.2) is 29.3 Å². The quantitative estimate of drug-likeness (QED) is 0.473. The molecule has 0 aliphatic carbocycles. The Morgan fingerprint density at radius 1 is 1.33 bits per heavy atom. The van der Waals surface area contributed by atoms with Gasteiger partial charge in [0, 0.05) is 18.6 Å². The molecule has 0 saturated carbocycles. The first kappa shape index (κ1) is 14.6. The van der Waals surface area contributed by atoms with Gasteiger partial charge in [-0.05, 0) is 24.6 Å². The Morgan fingerprint density at radius 2 is 2.11 bits per heavy atom. The summed E-state index contributed by atoms with van der Waals surface area (Å²) < 4.78 is 5.56. The number of aliphatic imine (C=N–C) groups is 1. The number of nitrogens with one attached hydrogen (secondary N) is 2. The van der Waals surface area contributed by atoms with Crippen LogP contribution < -0.4 is 15.4 Å². The molecular formula is C13H20ClN3O. The van der Waals surface area contributed by atoms with Gasteiger partial charge in [-0.3, -0.25) is 4.99 Å². The van der Waals surface area contributed by atoms with Gasteiger partial charge in [-0.1, -0.05) is 24.6 Å². The highest BCUT2D eigenvalue weighted by molar-refractivity contribution is 6.30. The number of hydrogen-bond donors (Lipinski definition) is 2. The van der Waals surface area contributed by atoms with Crippen LogP contribution in [-0.2, 0) is 0 Å². The molecule has 0 spiro atoms. The molecule has 0 aliphatic rings. The second kappa shape index (κ2) is 8.64. The lowest BCUT2D eigenvalue weighted by atomic mass is 10.3. The average Bonchev–Trinajstić information content (AvgIpc) is 2.38. The molecular weight excluding hydrogens is 250 g/mol. The third-order valence-electron chi connectivity index (χ3n) is 2.23. The van der Waals surface area contributed by atoms with Gasteiger partial charge in [-0.2, -0.15) is 0 Å². The van der Waals surface area contributed by atoms with Crippen molar-refractivity contribution in [3.8, 4) is 5.75 Å².